The number of halogens is 2. The van der Waals surface area contributed by atoms with Crippen LogP contribution in [0.3, 0.4) is 0 Å². The molecule has 0 bridgehead atoms. The molecule has 1 fully saturated rings. The van der Waals surface area contributed by atoms with E-state index in [0.29, 0.717) is 16.6 Å². The number of carboxylic acid groups (broad SMARTS) is 1. The molecule has 1 amide bonds. The van der Waals surface area contributed by atoms with Crippen molar-refractivity contribution in [3.05, 3.63) is 28.2 Å². The van der Waals surface area contributed by atoms with Gasteiger partial charge < -0.3 is 15.3 Å². The standard InChI is InChI=1S/C15H21Cl2N3O2/c16-12-4-3-5-13(14(12)17)20-10-8-19(9-11-20)7-2-1-6-18-15(21)22/h3-5,18H,1-2,6-11H2,(H,21,22). The van der Waals surface area contributed by atoms with Crippen molar-refractivity contribution in [1.82, 2.24) is 10.2 Å². The predicted octanol–water partition coefficient (Wildman–Crippen LogP) is 3.16. The Morgan fingerprint density at radius 1 is 1.18 bits per heavy atom. The van der Waals surface area contributed by atoms with Gasteiger partial charge >= 0.3 is 6.09 Å². The van der Waals surface area contributed by atoms with Crippen LogP contribution in [0.2, 0.25) is 10.0 Å². The van der Waals surface area contributed by atoms with Crippen LogP contribution in [0.5, 0.6) is 0 Å². The number of hydrogen-bond acceptors (Lipinski definition) is 3. The SMILES string of the molecule is O=C(O)NCCCCN1CCN(c2cccc(Cl)c2Cl)CC1. The molecule has 0 saturated carbocycles. The number of carbonyl (C=O) groups is 1. The molecule has 1 aromatic carbocycles. The number of hydrogen-bond donors (Lipinski definition) is 2. The van der Waals surface area contributed by atoms with Gasteiger partial charge in [-0.2, -0.15) is 0 Å². The van der Waals surface area contributed by atoms with Crippen LogP contribution < -0.4 is 10.2 Å². The summed E-state index contributed by atoms with van der Waals surface area (Å²) >= 11 is 12.3. The molecule has 5 nitrogen and oxygen atoms in total. The number of amides is 1. The Bertz CT molecular complexity index is 506. The quantitative estimate of drug-likeness (QED) is 0.777. The van der Waals surface area contributed by atoms with Gasteiger partial charge in [-0.3, -0.25) is 4.90 Å². The highest BCUT2D eigenvalue weighted by molar-refractivity contribution is 6.43. The largest absolute Gasteiger partial charge is 0.465 e. The van der Waals surface area contributed by atoms with Gasteiger partial charge in [0.2, 0.25) is 0 Å². The van der Waals surface area contributed by atoms with Crippen molar-refractivity contribution < 1.29 is 9.90 Å². The third-order valence-electron chi connectivity index (χ3n) is 3.82. The van der Waals surface area contributed by atoms with Crippen molar-refractivity contribution in [3.63, 3.8) is 0 Å². The first kappa shape index (κ1) is 17.2. The fraction of sp³-hybridized carbons (Fsp3) is 0.533. The van der Waals surface area contributed by atoms with Crippen LogP contribution in [0.25, 0.3) is 0 Å². The number of nitrogens with zero attached hydrogens (tertiary/aromatic N) is 2. The van der Waals surface area contributed by atoms with E-state index in [1.807, 2.05) is 12.1 Å². The van der Waals surface area contributed by atoms with Crippen molar-refractivity contribution in [3.8, 4) is 0 Å². The molecule has 1 aliphatic heterocycles. The van der Waals surface area contributed by atoms with Crippen molar-refractivity contribution in [1.29, 1.82) is 0 Å². The van der Waals surface area contributed by atoms with E-state index in [-0.39, 0.29) is 0 Å². The molecule has 0 aliphatic carbocycles. The lowest BCUT2D eigenvalue weighted by Gasteiger charge is -2.36. The third kappa shape index (κ3) is 4.93. The number of unbranched alkanes of at least 4 members (excludes halogenated alkanes) is 1. The van der Waals surface area contributed by atoms with Gasteiger partial charge in [0, 0.05) is 32.7 Å². The van der Waals surface area contributed by atoms with Gasteiger partial charge in [0.25, 0.3) is 0 Å². The van der Waals surface area contributed by atoms with Gasteiger partial charge in [0.1, 0.15) is 0 Å². The average molecular weight is 346 g/mol. The number of benzene rings is 1. The van der Waals surface area contributed by atoms with Crippen LogP contribution in [0.4, 0.5) is 10.5 Å². The molecule has 1 aliphatic rings. The fourth-order valence-electron chi connectivity index (χ4n) is 2.60. The van der Waals surface area contributed by atoms with Gasteiger partial charge in [-0.05, 0) is 31.5 Å². The predicted molar refractivity (Wildman–Crippen MR) is 90.4 cm³/mol. The highest BCUT2D eigenvalue weighted by Gasteiger charge is 2.19. The molecule has 22 heavy (non-hydrogen) atoms. The molecule has 2 N–H and O–H groups in total. The normalized spacial score (nSPS) is 15.8. The minimum Gasteiger partial charge on any atom is -0.465 e. The van der Waals surface area contributed by atoms with Crippen LogP contribution in [0, 0.1) is 0 Å². The topological polar surface area (TPSA) is 55.8 Å². The lowest BCUT2D eigenvalue weighted by Crippen LogP contribution is -2.46. The zero-order valence-electron chi connectivity index (χ0n) is 12.4. The van der Waals surface area contributed by atoms with Crippen LogP contribution in [-0.2, 0) is 0 Å². The molecule has 0 unspecified atom stereocenters. The molecule has 1 heterocycles. The highest BCUT2D eigenvalue weighted by atomic mass is 35.5. The summed E-state index contributed by atoms with van der Waals surface area (Å²) in [5, 5.41) is 12.1. The minimum absolute atomic E-state index is 0.521. The third-order valence-corrected chi connectivity index (χ3v) is 4.63. The minimum atomic E-state index is -0.952. The Kier molecular flexibility index (Phi) is 6.61. The molecular weight excluding hydrogens is 325 g/mol. The summed E-state index contributed by atoms with van der Waals surface area (Å²) in [6, 6.07) is 5.72. The van der Waals surface area contributed by atoms with Crippen molar-refractivity contribution in [2.75, 3.05) is 44.2 Å². The highest BCUT2D eigenvalue weighted by Crippen LogP contribution is 2.32. The van der Waals surface area contributed by atoms with Gasteiger partial charge in [0.05, 0.1) is 15.7 Å². The zero-order valence-corrected chi connectivity index (χ0v) is 13.9. The summed E-state index contributed by atoms with van der Waals surface area (Å²) < 4.78 is 0. The first-order valence-corrected chi connectivity index (χ1v) is 8.21. The molecule has 7 heteroatoms. The van der Waals surface area contributed by atoms with Gasteiger partial charge in [-0.25, -0.2) is 4.79 Å². The Balaban J connectivity index is 1.72. The maximum atomic E-state index is 10.3. The lowest BCUT2D eigenvalue weighted by atomic mass is 10.2. The van der Waals surface area contributed by atoms with E-state index in [1.165, 1.54) is 0 Å². The molecule has 0 aromatic heterocycles. The van der Waals surface area contributed by atoms with Gasteiger partial charge in [-0.15, -0.1) is 0 Å². The number of nitrogens with one attached hydrogen (secondary N) is 1. The Morgan fingerprint density at radius 2 is 1.91 bits per heavy atom. The summed E-state index contributed by atoms with van der Waals surface area (Å²) in [5.41, 5.74) is 1.000. The maximum Gasteiger partial charge on any atom is 0.404 e. The molecule has 0 radical (unpaired) electrons. The smallest absolute Gasteiger partial charge is 0.404 e. The Hall–Kier alpha value is -1.17. The van der Waals surface area contributed by atoms with Gasteiger partial charge in [-0.1, -0.05) is 29.3 Å². The summed E-state index contributed by atoms with van der Waals surface area (Å²) in [7, 11) is 0. The van der Waals surface area contributed by atoms with Gasteiger partial charge in [0.15, 0.2) is 0 Å². The molecule has 1 aromatic rings. The molecule has 2 rings (SSSR count). The maximum absolute atomic E-state index is 10.3. The monoisotopic (exact) mass is 345 g/mol. The van der Waals surface area contributed by atoms with E-state index in [2.05, 4.69) is 15.1 Å². The Morgan fingerprint density at radius 3 is 2.59 bits per heavy atom. The number of anilines is 1. The molecular formula is C15H21Cl2N3O2. The molecule has 1 saturated heterocycles. The average Bonchev–Trinajstić information content (AvgIpc) is 2.50. The summed E-state index contributed by atoms with van der Waals surface area (Å²) in [6.45, 7) is 5.33. The first-order chi connectivity index (χ1) is 10.6. The Labute approximate surface area is 140 Å². The van der Waals surface area contributed by atoms with Crippen LogP contribution in [-0.4, -0.2) is 55.4 Å². The summed E-state index contributed by atoms with van der Waals surface area (Å²) in [5.74, 6) is 0. The number of piperazine rings is 1. The zero-order chi connectivity index (χ0) is 15.9. The van der Waals surface area contributed by atoms with E-state index in [0.717, 1.165) is 51.3 Å². The molecule has 0 spiro atoms. The van der Waals surface area contributed by atoms with E-state index in [1.54, 1.807) is 6.07 Å². The molecule has 0 atom stereocenters. The van der Waals surface area contributed by atoms with E-state index < -0.39 is 6.09 Å². The molecule has 122 valence electrons. The van der Waals surface area contributed by atoms with E-state index in [9.17, 15) is 4.79 Å². The summed E-state index contributed by atoms with van der Waals surface area (Å²) in [4.78, 5) is 15.0. The second-order valence-corrected chi connectivity index (χ2v) is 6.13. The lowest BCUT2D eigenvalue weighted by molar-refractivity contribution is 0.193. The van der Waals surface area contributed by atoms with E-state index >= 15 is 0 Å². The van der Waals surface area contributed by atoms with E-state index in [4.69, 9.17) is 28.3 Å². The van der Waals surface area contributed by atoms with Crippen molar-refractivity contribution in [2.24, 2.45) is 0 Å². The van der Waals surface area contributed by atoms with Crippen LogP contribution in [0.1, 0.15) is 12.8 Å². The van der Waals surface area contributed by atoms with Crippen LogP contribution in [0.15, 0.2) is 18.2 Å². The van der Waals surface area contributed by atoms with Crippen molar-refractivity contribution in [2.45, 2.75) is 12.8 Å². The number of rotatable bonds is 6. The fourth-order valence-corrected chi connectivity index (χ4v) is 3.02. The first-order valence-electron chi connectivity index (χ1n) is 7.46. The van der Waals surface area contributed by atoms with Crippen LogP contribution >= 0.6 is 23.2 Å². The second-order valence-electron chi connectivity index (χ2n) is 5.34. The second kappa shape index (κ2) is 8.46. The van der Waals surface area contributed by atoms with Crippen molar-refractivity contribution >= 4 is 35.0 Å². The summed E-state index contributed by atoms with van der Waals surface area (Å²) in [6.07, 6.45) is 0.914.